The predicted molar refractivity (Wildman–Crippen MR) is 115 cm³/mol. The van der Waals surface area contributed by atoms with Gasteiger partial charge in [-0.25, -0.2) is 0 Å². The number of hydrogen-bond acceptors (Lipinski definition) is 4. The van der Waals surface area contributed by atoms with E-state index >= 15 is 0 Å². The Morgan fingerprint density at radius 1 is 0.931 bits per heavy atom. The van der Waals surface area contributed by atoms with Crippen LogP contribution in [-0.2, 0) is 29.6 Å². The van der Waals surface area contributed by atoms with Crippen molar-refractivity contribution in [3.8, 4) is 0 Å². The number of aryl methyl sites for hydroxylation is 2. The second-order valence-corrected chi connectivity index (χ2v) is 7.21. The summed E-state index contributed by atoms with van der Waals surface area (Å²) in [5.41, 5.74) is 9.44. The van der Waals surface area contributed by atoms with E-state index in [4.69, 9.17) is 5.73 Å². The highest BCUT2D eigenvalue weighted by Crippen LogP contribution is 2.28. The third kappa shape index (κ3) is 5.27. The molecule has 150 valence electrons. The molecule has 2 aromatic heterocycles. The number of nitrogens with zero attached hydrogens (tertiary/aromatic N) is 2. The summed E-state index contributed by atoms with van der Waals surface area (Å²) in [5, 5.41) is 3.49. The number of rotatable bonds is 10. The number of nitrogens with two attached hydrogens (primary N) is 1. The lowest BCUT2D eigenvalue weighted by molar-refractivity contribution is -0.125. The Morgan fingerprint density at radius 3 is 2.31 bits per heavy atom. The maximum atomic E-state index is 12.8. The highest BCUT2D eigenvalue weighted by atomic mass is 16.1. The minimum absolute atomic E-state index is 0.361. The zero-order valence-corrected chi connectivity index (χ0v) is 16.8. The van der Waals surface area contributed by atoms with E-state index in [0.29, 0.717) is 19.4 Å². The van der Waals surface area contributed by atoms with Crippen LogP contribution in [0, 0.1) is 0 Å². The van der Waals surface area contributed by atoms with Gasteiger partial charge in [0.2, 0.25) is 5.91 Å². The second-order valence-electron chi connectivity index (χ2n) is 7.21. The van der Waals surface area contributed by atoms with Crippen LogP contribution in [0.4, 0.5) is 0 Å². The van der Waals surface area contributed by atoms with Crippen molar-refractivity contribution in [2.45, 2.75) is 38.1 Å². The molecule has 29 heavy (non-hydrogen) atoms. The first-order chi connectivity index (χ1) is 14.1. The van der Waals surface area contributed by atoms with Gasteiger partial charge in [-0.05, 0) is 66.1 Å². The van der Waals surface area contributed by atoms with Crippen LogP contribution in [0.2, 0.25) is 0 Å². The predicted octanol–water partition coefficient (Wildman–Crippen LogP) is 3.18. The number of pyridine rings is 2. The van der Waals surface area contributed by atoms with Crippen LogP contribution in [-0.4, -0.2) is 22.4 Å². The molecule has 0 aliphatic carbocycles. The molecule has 0 saturated carbocycles. The number of nitrogens with one attached hydrogen (secondary N) is 1. The number of aromatic nitrogens is 2. The minimum Gasteiger partial charge on any atom is -0.368 e. The molecule has 0 aliphatic heterocycles. The molecule has 0 spiro atoms. The largest absolute Gasteiger partial charge is 0.368 e. The Hall–Kier alpha value is -3.05. The van der Waals surface area contributed by atoms with Gasteiger partial charge in [-0.1, -0.05) is 37.3 Å². The second kappa shape index (κ2) is 9.94. The van der Waals surface area contributed by atoms with Gasteiger partial charge in [-0.3, -0.25) is 20.1 Å². The van der Waals surface area contributed by atoms with Crippen molar-refractivity contribution in [2.75, 3.05) is 6.54 Å². The molecular formula is C24H28N4O. The Kier molecular flexibility index (Phi) is 7.09. The fourth-order valence-corrected chi connectivity index (χ4v) is 3.56. The molecule has 0 fully saturated rings. The van der Waals surface area contributed by atoms with E-state index < -0.39 is 5.54 Å². The number of hydrogen-bond donors (Lipinski definition) is 2. The summed E-state index contributed by atoms with van der Waals surface area (Å²) in [6.45, 7) is 2.75. The van der Waals surface area contributed by atoms with E-state index in [2.05, 4.69) is 34.3 Å². The van der Waals surface area contributed by atoms with Crippen molar-refractivity contribution in [1.82, 2.24) is 15.3 Å². The summed E-state index contributed by atoms with van der Waals surface area (Å²) >= 11 is 0. The van der Waals surface area contributed by atoms with Crippen LogP contribution in [0.3, 0.4) is 0 Å². The van der Waals surface area contributed by atoms with E-state index in [9.17, 15) is 4.79 Å². The Bertz CT molecular complexity index is 897. The van der Waals surface area contributed by atoms with Gasteiger partial charge >= 0.3 is 0 Å². The topological polar surface area (TPSA) is 80.9 Å². The average molecular weight is 389 g/mol. The Balaban J connectivity index is 1.84. The molecule has 0 radical (unpaired) electrons. The Morgan fingerprint density at radius 2 is 1.69 bits per heavy atom. The smallest absolute Gasteiger partial charge is 0.242 e. The lowest BCUT2D eigenvalue weighted by Crippen LogP contribution is -2.53. The van der Waals surface area contributed by atoms with Gasteiger partial charge < -0.3 is 5.73 Å². The van der Waals surface area contributed by atoms with E-state index in [1.165, 1.54) is 11.1 Å². The zero-order chi connectivity index (χ0) is 20.5. The summed E-state index contributed by atoms with van der Waals surface area (Å²) in [7, 11) is 0. The van der Waals surface area contributed by atoms with Crippen molar-refractivity contribution in [3.05, 3.63) is 95.6 Å². The third-order valence-electron chi connectivity index (χ3n) is 5.38. The molecular weight excluding hydrogens is 360 g/mol. The fraction of sp³-hybridized carbons (Fsp3) is 0.292. The third-order valence-corrected chi connectivity index (χ3v) is 5.38. The van der Waals surface area contributed by atoms with Gasteiger partial charge in [-0.2, -0.15) is 0 Å². The molecule has 1 aromatic carbocycles. The van der Waals surface area contributed by atoms with Gasteiger partial charge in [-0.15, -0.1) is 0 Å². The van der Waals surface area contributed by atoms with E-state index in [1.54, 1.807) is 18.6 Å². The zero-order valence-electron chi connectivity index (χ0n) is 16.8. The molecule has 3 aromatic rings. The first-order valence-corrected chi connectivity index (χ1v) is 10.1. The molecule has 3 N–H and O–H groups in total. The van der Waals surface area contributed by atoms with Gasteiger partial charge in [0.25, 0.3) is 0 Å². The fourth-order valence-electron chi connectivity index (χ4n) is 3.56. The Labute approximate surface area is 172 Å². The van der Waals surface area contributed by atoms with Gasteiger partial charge in [0.1, 0.15) is 5.54 Å². The van der Waals surface area contributed by atoms with Crippen molar-refractivity contribution >= 4 is 5.91 Å². The lowest BCUT2D eigenvalue weighted by atomic mass is 9.82. The summed E-state index contributed by atoms with van der Waals surface area (Å²) in [4.78, 5) is 21.0. The first kappa shape index (κ1) is 20.7. The van der Waals surface area contributed by atoms with E-state index in [-0.39, 0.29) is 5.91 Å². The molecule has 1 amide bonds. The lowest BCUT2D eigenvalue weighted by Gasteiger charge is -2.33. The number of primary amides is 1. The molecule has 0 aliphatic rings. The van der Waals surface area contributed by atoms with Crippen LogP contribution in [0.25, 0.3) is 0 Å². The number of amides is 1. The van der Waals surface area contributed by atoms with Crippen molar-refractivity contribution in [1.29, 1.82) is 0 Å². The molecule has 1 unspecified atom stereocenters. The van der Waals surface area contributed by atoms with E-state index in [1.807, 2.05) is 42.6 Å². The summed E-state index contributed by atoms with van der Waals surface area (Å²) in [5.74, 6) is -0.361. The molecule has 0 bridgehead atoms. The SMILES string of the molecule is CCc1ccc(C(CCc2cccnc2)(NCCc2ccncc2)C(N)=O)cc1. The van der Waals surface area contributed by atoms with Crippen LogP contribution in [0.1, 0.15) is 35.6 Å². The molecule has 1 atom stereocenters. The maximum absolute atomic E-state index is 12.8. The average Bonchev–Trinajstić information content (AvgIpc) is 2.77. The first-order valence-electron chi connectivity index (χ1n) is 10.1. The minimum atomic E-state index is -0.935. The van der Waals surface area contributed by atoms with Crippen LogP contribution >= 0.6 is 0 Å². The van der Waals surface area contributed by atoms with Crippen molar-refractivity contribution < 1.29 is 4.79 Å². The highest BCUT2D eigenvalue weighted by Gasteiger charge is 2.37. The van der Waals surface area contributed by atoms with Crippen LogP contribution in [0.5, 0.6) is 0 Å². The number of carbonyl (C=O) groups excluding carboxylic acids is 1. The summed E-state index contributed by atoms with van der Waals surface area (Å²) < 4.78 is 0. The number of carbonyl (C=O) groups is 1. The quantitative estimate of drug-likeness (QED) is 0.559. The van der Waals surface area contributed by atoms with Gasteiger partial charge in [0.15, 0.2) is 0 Å². The van der Waals surface area contributed by atoms with Gasteiger partial charge in [0.05, 0.1) is 0 Å². The van der Waals surface area contributed by atoms with Crippen LogP contribution in [0.15, 0.2) is 73.3 Å². The molecule has 3 rings (SSSR count). The monoisotopic (exact) mass is 388 g/mol. The van der Waals surface area contributed by atoms with Crippen LogP contribution < -0.4 is 11.1 Å². The van der Waals surface area contributed by atoms with Crippen molar-refractivity contribution in [2.24, 2.45) is 5.73 Å². The van der Waals surface area contributed by atoms with E-state index in [0.717, 1.165) is 24.0 Å². The summed E-state index contributed by atoms with van der Waals surface area (Å²) in [6.07, 6.45) is 10.2. The van der Waals surface area contributed by atoms with Crippen molar-refractivity contribution in [3.63, 3.8) is 0 Å². The number of benzene rings is 1. The maximum Gasteiger partial charge on any atom is 0.242 e. The van der Waals surface area contributed by atoms with Gasteiger partial charge in [0, 0.05) is 31.3 Å². The molecule has 5 nitrogen and oxygen atoms in total. The molecule has 0 saturated heterocycles. The molecule has 2 heterocycles. The summed E-state index contributed by atoms with van der Waals surface area (Å²) in [6, 6.07) is 16.1. The normalized spacial score (nSPS) is 13.0. The highest BCUT2D eigenvalue weighted by molar-refractivity contribution is 5.86. The standard InChI is InChI=1S/C24H28N4O/c1-2-19-5-7-22(8-6-19)24(23(25)29,13-9-21-4-3-14-27-18-21)28-17-12-20-10-15-26-16-11-20/h3-8,10-11,14-16,18,28H,2,9,12-13,17H2,1H3,(H2,25,29). The molecule has 5 heteroatoms.